The van der Waals surface area contributed by atoms with Crippen molar-refractivity contribution in [3.8, 4) is 0 Å². The topological polar surface area (TPSA) is 49.9 Å². The van der Waals surface area contributed by atoms with E-state index in [9.17, 15) is 0 Å². The average Bonchev–Trinajstić information content (AvgIpc) is 2.55. The maximum atomic E-state index is 7.58. The highest BCUT2D eigenvalue weighted by molar-refractivity contribution is 8.13. The van der Waals surface area contributed by atoms with Gasteiger partial charge in [0.05, 0.1) is 0 Å². The molecule has 0 radical (unpaired) electrons. The lowest BCUT2D eigenvalue weighted by molar-refractivity contribution is 0.906. The number of rotatable bonds is 1. The number of nitrogens with one attached hydrogen (secondary N) is 1. The van der Waals surface area contributed by atoms with Crippen molar-refractivity contribution < 1.29 is 0 Å². The Labute approximate surface area is 131 Å². The third-order valence-electron chi connectivity index (χ3n) is 3.18. The standard InChI is InChI=1S/C15H13ClN2S2/c16-10-5-6-12-9(7-10)8-14(20-15(17)18)11-3-1-2-4-13(11)19-12/h1-7,14H,8H2,(H3,17,18)/t14-/m0/s1. The first-order valence-corrected chi connectivity index (χ1v) is 8.27. The molecule has 0 unspecified atom stereocenters. The highest BCUT2D eigenvalue weighted by Crippen LogP contribution is 2.45. The molecule has 0 amide bonds. The molecule has 0 saturated carbocycles. The second-order valence-corrected chi connectivity index (χ2v) is 7.33. The van der Waals surface area contributed by atoms with E-state index in [1.165, 1.54) is 32.7 Å². The molecule has 1 atom stereocenters. The summed E-state index contributed by atoms with van der Waals surface area (Å²) in [6.07, 6.45) is 0.837. The molecular weight excluding hydrogens is 308 g/mol. The molecule has 0 aliphatic carbocycles. The van der Waals surface area contributed by atoms with Crippen molar-refractivity contribution in [2.45, 2.75) is 21.5 Å². The first-order chi connectivity index (χ1) is 9.63. The Bertz CT molecular complexity index is 673. The van der Waals surface area contributed by atoms with Crippen molar-refractivity contribution in [2.24, 2.45) is 5.73 Å². The zero-order valence-electron chi connectivity index (χ0n) is 10.6. The van der Waals surface area contributed by atoms with Crippen LogP contribution >= 0.6 is 35.1 Å². The number of hydrogen-bond acceptors (Lipinski definition) is 3. The largest absolute Gasteiger partial charge is 0.379 e. The van der Waals surface area contributed by atoms with Crippen LogP contribution in [-0.2, 0) is 6.42 Å². The summed E-state index contributed by atoms with van der Waals surface area (Å²) >= 11 is 9.28. The zero-order chi connectivity index (χ0) is 14.1. The Morgan fingerprint density at radius 2 is 2.05 bits per heavy atom. The van der Waals surface area contributed by atoms with Crippen LogP contribution in [0.1, 0.15) is 16.4 Å². The van der Waals surface area contributed by atoms with E-state index in [-0.39, 0.29) is 10.4 Å². The highest BCUT2D eigenvalue weighted by atomic mass is 35.5. The second kappa shape index (κ2) is 5.72. The molecular formula is C15H13ClN2S2. The van der Waals surface area contributed by atoms with Crippen molar-refractivity contribution in [3.05, 3.63) is 58.6 Å². The predicted molar refractivity (Wildman–Crippen MR) is 88.0 cm³/mol. The number of hydrogen-bond donors (Lipinski definition) is 2. The van der Waals surface area contributed by atoms with E-state index in [2.05, 4.69) is 18.2 Å². The number of benzene rings is 2. The molecule has 1 heterocycles. The quantitative estimate of drug-likeness (QED) is 0.590. The molecule has 1 aliphatic heterocycles. The monoisotopic (exact) mass is 320 g/mol. The molecule has 3 N–H and O–H groups in total. The molecule has 2 nitrogen and oxygen atoms in total. The molecule has 0 saturated heterocycles. The first kappa shape index (κ1) is 13.9. The van der Waals surface area contributed by atoms with Crippen LogP contribution in [0.15, 0.2) is 52.3 Å². The van der Waals surface area contributed by atoms with Gasteiger partial charge >= 0.3 is 0 Å². The molecule has 2 aromatic rings. The van der Waals surface area contributed by atoms with Gasteiger partial charge in [-0.15, -0.1) is 0 Å². The summed E-state index contributed by atoms with van der Waals surface area (Å²) in [4.78, 5) is 2.46. The Morgan fingerprint density at radius 3 is 2.85 bits per heavy atom. The minimum Gasteiger partial charge on any atom is -0.379 e. The lowest BCUT2D eigenvalue weighted by atomic mass is 10.0. The van der Waals surface area contributed by atoms with Crippen LogP contribution in [0.5, 0.6) is 0 Å². The van der Waals surface area contributed by atoms with Crippen LogP contribution in [0.4, 0.5) is 0 Å². The minimum absolute atomic E-state index is 0.153. The van der Waals surface area contributed by atoms with Crippen molar-refractivity contribution in [1.82, 2.24) is 0 Å². The molecule has 5 heteroatoms. The number of nitrogens with two attached hydrogens (primary N) is 1. The lowest BCUT2D eigenvalue weighted by Crippen LogP contribution is -2.09. The zero-order valence-corrected chi connectivity index (χ0v) is 13.0. The van der Waals surface area contributed by atoms with Crippen molar-refractivity contribution in [1.29, 1.82) is 5.41 Å². The third kappa shape index (κ3) is 2.82. The first-order valence-electron chi connectivity index (χ1n) is 6.19. The number of halogens is 1. The Morgan fingerprint density at radius 1 is 1.25 bits per heavy atom. The molecule has 102 valence electrons. The third-order valence-corrected chi connectivity index (χ3v) is 5.59. The fraction of sp³-hybridized carbons (Fsp3) is 0.133. The minimum atomic E-state index is 0.153. The van der Waals surface area contributed by atoms with Crippen molar-refractivity contribution in [2.75, 3.05) is 0 Å². The fourth-order valence-electron chi connectivity index (χ4n) is 2.33. The maximum absolute atomic E-state index is 7.58. The summed E-state index contributed by atoms with van der Waals surface area (Å²) in [5, 5.41) is 8.65. The predicted octanol–water partition coefficient (Wildman–Crippen LogP) is 4.72. The SMILES string of the molecule is N=C(N)S[C@H]1Cc2cc(Cl)ccc2Sc2ccccc21. The van der Waals surface area contributed by atoms with E-state index in [0.29, 0.717) is 0 Å². The van der Waals surface area contributed by atoms with Gasteiger partial charge in [0.25, 0.3) is 0 Å². The Balaban J connectivity index is 2.09. The summed E-state index contributed by atoms with van der Waals surface area (Å²) in [7, 11) is 0. The van der Waals surface area contributed by atoms with Crippen LogP contribution in [0, 0.1) is 5.41 Å². The number of amidine groups is 1. The van der Waals surface area contributed by atoms with Gasteiger partial charge in [0.2, 0.25) is 0 Å². The van der Waals surface area contributed by atoms with Gasteiger partial charge in [-0.05, 0) is 41.8 Å². The molecule has 3 rings (SSSR count). The summed E-state index contributed by atoms with van der Waals surface area (Å²) in [5.41, 5.74) is 8.06. The fourth-order valence-corrected chi connectivity index (χ4v) is 4.63. The van der Waals surface area contributed by atoms with Crippen molar-refractivity contribution >= 4 is 40.3 Å². The van der Waals surface area contributed by atoms with Crippen LogP contribution in [0.3, 0.4) is 0 Å². The van der Waals surface area contributed by atoms with Gasteiger partial charge in [0.1, 0.15) is 0 Å². The second-order valence-electron chi connectivity index (χ2n) is 4.57. The molecule has 0 spiro atoms. The Hall–Kier alpha value is -1.10. The average molecular weight is 321 g/mol. The van der Waals surface area contributed by atoms with E-state index < -0.39 is 0 Å². The normalized spacial score (nSPS) is 16.9. The molecule has 1 aliphatic rings. The van der Waals surface area contributed by atoms with E-state index in [0.717, 1.165) is 11.4 Å². The molecule has 20 heavy (non-hydrogen) atoms. The van der Waals surface area contributed by atoms with Gasteiger partial charge < -0.3 is 5.73 Å². The summed E-state index contributed by atoms with van der Waals surface area (Å²) in [6.45, 7) is 0. The van der Waals surface area contributed by atoms with Gasteiger partial charge in [-0.25, -0.2) is 0 Å². The summed E-state index contributed by atoms with van der Waals surface area (Å²) in [6, 6.07) is 14.3. The summed E-state index contributed by atoms with van der Waals surface area (Å²) < 4.78 is 0. The van der Waals surface area contributed by atoms with Crippen molar-refractivity contribution in [3.63, 3.8) is 0 Å². The van der Waals surface area contributed by atoms with E-state index >= 15 is 0 Å². The van der Waals surface area contributed by atoms with Gasteiger partial charge in [-0.2, -0.15) is 0 Å². The lowest BCUT2D eigenvalue weighted by Gasteiger charge is -2.16. The van der Waals surface area contributed by atoms with E-state index in [1.807, 2.05) is 24.3 Å². The Kier molecular flexibility index (Phi) is 3.96. The van der Waals surface area contributed by atoms with Crippen LogP contribution < -0.4 is 5.73 Å². The summed E-state index contributed by atoms with van der Waals surface area (Å²) in [5.74, 6) is 0. The van der Waals surface area contributed by atoms with Crippen LogP contribution in [0.2, 0.25) is 5.02 Å². The number of fused-ring (bicyclic) bond motifs is 2. The highest BCUT2D eigenvalue weighted by Gasteiger charge is 2.23. The molecule has 0 aromatic heterocycles. The van der Waals surface area contributed by atoms with Gasteiger partial charge in [0.15, 0.2) is 5.17 Å². The van der Waals surface area contributed by atoms with Crippen LogP contribution in [-0.4, -0.2) is 5.17 Å². The molecule has 2 aromatic carbocycles. The smallest absolute Gasteiger partial charge is 0.151 e. The van der Waals surface area contributed by atoms with E-state index in [1.54, 1.807) is 11.8 Å². The van der Waals surface area contributed by atoms with Gasteiger partial charge in [-0.1, -0.05) is 53.3 Å². The van der Waals surface area contributed by atoms with Crippen LogP contribution in [0.25, 0.3) is 0 Å². The molecule has 0 fully saturated rings. The molecule has 0 bridgehead atoms. The van der Waals surface area contributed by atoms with Gasteiger partial charge in [0, 0.05) is 20.1 Å². The van der Waals surface area contributed by atoms with E-state index in [4.69, 9.17) is 22.7 Å². The van der Waals surface area contributed by atoms with Gasteiger partial charge in [-0.3, -0.25) is 5.41 Å². The number of thioether (sulfide) groups is 1. The maximum Gasteiger partial charge on any atom is 0.151 e.